The molecule has 2 N–H and O–H groups in total. The van der Waals surface area contributed by atoms with Crippen molar-refractivity contribution < 1.29 is 17.5 Å². The van der Waals surface area contributed by atoms with Crippen LogP contribution in [-0.4, -0.2) is 55.9 Å². The number of unbranched alkanes of at least 4 members (excludes halogenated alkanes) is 4. The van der Waals surface area contributed by atoms with Gasteiger partial charge < -0.3 is 14.8 Å². The van der Waals surface area contributed by atoms with E-state index in [0.29, 0.717) is 0 Å². The fourth-order valence-corrected chi connectivity index (χ4v) is 3.08. The Morgan fingerprint density at radius 2 is 1.04 bits per heavy atom. The van der Waals surface area contributed by atoms with Crippen molar-refractivity contribution in [1.29, 1.82) is 0 Å². The predicted octanol–water partition coefficient (Wildman–Crippen LogP) is 3.49. The molecule has 0 amide bonds. The molecule has 148 valence electrons. The molecule has 0 aliphatic heterocycles. The Balaban J connectivity index is 0. The lowest BCUT2D eigenvalue weighted by atomic mass is 10.1. The molecule has 0 aromatic rings. The zero-order chi connectivity index (χ0) is 18.9. The van der Waals surface area contributed by atoms with Crippen molar-refractivity contribution >= 4 is 10.1 Å². The molecule has 24 heavy (non-hydrogen) atoms. The summed E-state index contributed by atoms with van der Waals surface area (Å²) in [5.41, 5.74) is 4.74. The summed E-state index contributed by atoms with van der Waals surface area (Å²) < 4.78 is 30.2. The van der Waals surface area contributed by atoms with E-state index < -0.39 is 15.9 Å². The summed E-state index contributed by atoms with van der Waals surface area (Å²) in [7, 11) is -4.05. The van der Waals surface area contributed by atoms with Crippen LogP contribution in [0.15, 0.2) is 0 Å². The van der Waals surface area contributed by atoms with E-state index in [9.17, 15) is 13.0 Å². The monoisotopic (exact) mass is 366 g/mol. The second-order valence-electron chi connectivity index (χ2n) is 6.70. The Labute approximate surface area is 151 Å². The predicted molar refractivity (Wildman–Crippen MR) is 103 cm³/mol. The molecule has 0 aliphatic rings. The van der Waals surface area contributed by atoms with Gasteiger partial charge in [0.05, 0.1) is 42.1 Å². The highest BCUT2D eigenvalue weighted by atomic mass is 32.2. The molecule has 0 aromatic carbocycles. The molecular weight excluding hydrogens is 324 g/mol. The van der Waals surface area contributed by atoms with Crippen LogP contribution in [-0.2, 0) is 10.1 Å². The summed E-state index contributed by atoms with van der Waals surface area (Å²) in [5, 5.41) is 0. The van der Waals surface area contributed by atoms with Gasteiger partial charge in [-0.25, -0.2) is 8.42 Å². The summed E-state index contributed by atoms with van der Waals surface area (Å²) in [6.07, 6.45) is 11.1. The van der Waals surface area contributed by atoms with Gasteiger partial charge in [-0.3, -0.25) is 0 Å². The molecule has 0 radical (unpaired) electrons. The van der Waals surface area contributed by atoms with Crippen molar-refractivity contribution in [2.45, 2.75) is 79.1 Å². The first-order valence-corrected chi connectivity index (χ1v) is 11.4. The van der Waals surface area contributed by atoms with Gasteiger partial charge in [0.15, 0.2) is 0 Å². The number of hydrogen-bond acceptors (Lipinski definition) is 4. The maximum atomic E-state index is 9.60. The smallest absolute Gasteiger partial charge is 0.0958 e. The van der Waals surface area contributed by atoms with E-state index in [1.165, 1.54) is 82.0 Å². The average Bonchev–Trinajstić information content (AvgIpc) is 2.53. The van der Waals surface area contributed by atoms with Crippen molar-refractivity contribution in [3.8, 4) is 0 Å². The van der Waals surface area contributed by atoms with Gasteiger partial charge in [-0.2, -0.15) is 0 Å². The highest BCUT2D eigenvalue weighted by Gasteiger charge is 2.24. The summed E-state index contributed by atoms with van der Waals surface area (Å²) in [6.45, 7) is 14.9. The number of nitrogens with two attached hydrogens (primary N) is 1. The van der Waals surface area contributed by atoms with Gasteiger partial charge in [0.2, 0.25) is 0 Å². The molecule has 0 saturated carbocycles. The van der Waals surface area contributed by atoms with E-state index in [2.05, 4.69) is 27.7 Å². The highest BCUT2D eigenvalue weighted by Crippen LogP contribution is 2.16. The normalized spacial score (nSPS) is 11.9. The quantitative estimate of drug-likeness (QED) is 0.377. The van der Waals surface area contributed by atoms with Gasteiger partial charge in [-0.1, -0.05) is 53.4 Å². The van der Waals surface area contributed by atoms with Gasteiger partial charge in [0, 0.05) is 6.54 Å². The van der Waals surface area contributed by atoms with E-state index in [4.69, 9.17) is 5.73 Å². The van der Waals surface area contributed by atoms with Crippen LogP contribution in [0.2, 0.25) is 0 Å². The van der Waals surface area contributed by atoms with Gasteiger partial charge >= 0.3 is 0 Å². The second kappa shape index (κ2) is 16.3. The number of rotatable bonds is 14. The first-order valence-electron chi connectivity index (χ1n) is 9.79. The Morgan fingerprint density at radius 3 is 1.17 bits per heavy atom. The fraction of sp³-hybridized carbons (Fsp3) is 1.00. The third-order valence-electron chi connectivity index (χ3n) is 4.31. The van der Waals surface area contributed by atoms with Crippen LogP contribution in [0.4, 0.5) is 0 Å². The van der Waals surface area contributed by atoms with E-state index in [1.54, 1.807) is 0 Å². The minimum absolute atomic E-state index is 0.0914. The third kappa shape index (κ3) is 16.7. The zero-order valence-corrected chi connectivity index (χ0v) is 17.4. The summed E-state index contributed by atoms with van der Waals surface area (Å²) in [4.78, 5) is 0. The van der Waals surface area contributed by atoms with Crippen LogP contribution in [0.1, 0.15) is 79.1 Å². The topological polar surface area (TPSA) is 83.2 Å². The molecule has 0 aromatic heterocycles. The van der Waals surface area contributed by atoms with Crippen LogP contribution in [0.3, 0.4) is 0 Å². The molecule has 0 rings (SSSR count). The van der Waals surface area contributed by atoms with Crippen molar-refractivity contribution in [1.82, 2.24) is 0 Å². The molecular formula is C18H42N2O3S. The molecule has 0 saturated heterocycles. The summed E-state index contributed by atoms with van der Waals surface area (Å²) in [5.74, 6) is -0.465. The molecule has 0 atom stereocenters. The van der Waals surface area contributed by atoms with E-state index >= 15 is 0 Å². The number of nitrogens with zero attached hydrogens (tertiary/aromatic N) is 1. The van der Waals surface area contributed by atoms with Crippen LogP contribution >= 0.6 is 0 Å². The van der Waals surface area contributed by atoms with Crippen LogP contribution in [0.5, 0.6) is 0 Å². The van der Waals surface area contributed by atoms with E-state index in [0.717, 1.165) is 0 Å². The fourth-order valence-electron chi connectivity index (χ4n) is 2.79. The lowest BCUT2D eigenvalue weighted by molar-refractivity contribution is -0.929. The van der Waals surface area contributed by atoms with Gasteiger partial charge in [-0.15, -0.1) is 0 Å². The van der Waals surface area contributed by atoms with Gasteiger partial charge in [-0.05, 0) is 25.7 Å². The molecule has 0 aliphatic carbocycles. The average molecular weight is 367 g/mol. The lowest BCUT2D eigenvalue weighted by Crippen LogP contribution is -2.50. The standard InChI is InChI=1S/C16H36N.C2H7NO3S/c1-5-9-13-17(14-10-6-2,15-11-7-3)16-12-8-4;3-1-2-7(4,5)6/h5-16H2,1-4H3;1-3H2,(H,4,5,6)/q+1;/p-1. The SMILES string of the molecule is CCCC[N+](CCCC)(CCCC)CCCC.NCCS(=O)(=O)[O-]. The Kier molecular flexibility index (Phi) is 17.7. The van der Waals surface area contributed by atoms with Gasteiger partial charge in [0.1, 0.15) is 0 Å². The molecule has 0 heterocycles. The molecule has 0 fully saturated rings. The number of hydrogen-bond donors (Lipinski definition) is 1. The maximum Gasteiger partial charge on any atom is 0.0958 e. The first kappa shape index (κ1) is 26.1. The summed E-state index contributed by atoms with van der Waals surface area (Å²) in [6, 6.07) is 0. The van der Waals surface area contributed by atoms with Crippen molar-refractivity contribution in [2.75, 3.05) is 38.5 Å². The minimum Gasteiger partial charge on any atom is -0.748 e. The third-order valence-corrected chi connectivity index (χ3v) is 5.05. The first-order chi connectivity index (χ1) is 11.3. The molecule has 0 bridgehead atoms. The molecule has 6 heteroatoms. The van der Waals surface area contributed by atoms with Gasteiger partial charge in [0.25, 0.3) is 0 Å². The number of quaternary nitrogens is 1. The maximum absolute atomic E-state index is 9.60. The van der Waals surface area contributed by atoms with Crippen molar-refractivity contribution in [3.63, 3.8) is 0 Å². The highest BCUT2D eigenvalue weighted by molar-refractivity contribution is 7.85. The Bertz CT molecular complexity index is 322. The van der Waals surface area contributed by atoms with Crippen molar-refractivity contribution in [3.05, 3.63) is 0 Å². The Morgan fingerprint density at radius 1 is 0.750 bits per heavy atom. The summed E-state index contributed by atoms with van der Waals surface area (Å²) >= 11 is 0. The molecule has 0 unspecified atom stereocenters. The largest absolute Gasteiger partial charge is 0.748 e. The molecule has 0 spiro atoms. The second-order valence-corrected chi connectivity index (χ2v) is 8.22. The van der Waals surface area contributed by atoms with E-state index in [1.807, 2.05) is 0 Å². The van der Waals surface area contributed by atoms with Crippen LogP contribution in [0.25, 0.3) is 0 Å². The van der Waals surface area contributed by atoms with E-state index in [-0.39, 0.29) is 6.54 Å². The van der Waals surface area contributed by atoms with Crippen molar-refractivity contribution in [2.24, 2.45) is 5.73 Å². The minimum atomic E-state index is -4.05. The zero-order valence-electron chi connectivity index (χ0n) is 16.6. The van der Waals surface area contributed by atoms with Crippen LogP contribution in [0, 0.1) is 0 Å². The Hall–Kier alpha value is -0.170. The van der Waals surface area contributed by atoms with Crippen LogP contribution < -0.4 is 5.73 Å². The lowest BCUT2D eigenvalue weighted by Gasteiger charge is -2.39. The molecule has 5 nitrogen and oxygen atoms in total.